The Morgan fingerprint density at radius 2 is 1.13 bits per heavy atom. The topological polar surface area (TPSA) is 76.7 Å². The van der Waals surface area contributed by atoms with Gasteiger partial charge in [-0.25, -0.2) is 0 Å². The fourth-order valence-electron chi connectivity index (χ4n) is 2.54. The molecule has 0 unspecified atom stereocenters. The summed E-state index contributed by atoms with van der Waals surface area (Å²) >= 11 is 6.84. The zero-order chi connectivity index (χ0) is 22.3. The second-order valence-electron chi connectivity index (χ2n) is 7.14. The summed E-state index contributed by atoms with van der Waals surface area (Å²) in [5.74, 6) is 0.924. The molecule has 0 bridgehead atoms. The molecular weight excluding hydrogens is 516 g/mol. The number of rotatable bonds is 9. The smallest absolute Gasteiger partial charge is 0.251 e. The van der Waals surface area contributed by atoms with Crippen LogP contribution in [-0.2, 0) is 0 Å². The van der Waals surface area contributed by atoms with Gasteiger partial charge in [-0.05, 0) is 96.0 Å². The molecule has 0 aliphatic rings. The fourth-order valence-corrected chi connectivity index (χ4v) is 3.48. The minimum Gasteiger partial charge on any atom is -0.490 e. The third-order valence-electron chi connectivity index (χ3n) is 3.81. The van der Waals surface area contributed by atoms with Crippen molar-refractivity contribution in [1.29, 1.82) is 0 Å². The lowest BCUT2D eigenvalue weighted by atomic mass is 10.2. The van der Waals surface area contributed by atoms with Crippen LogP contribution in [-0.4, -0.2) is 37.1 Å². The predicted octanol–water partition coefficient (Wildman–Crippen LogP) is 4.95. The van der Waals surface area contributed by atoms with Crippen molar-refractivity contribution in [3.05, 3.63) is 56.5 Å². The monoisotopic (exact) mass is 540 g/mol. The minimum absolute atomic E-state index is 0.0455. The summed E-state index contributed by atoms with van der Waals surface area (Å²) in [6.45, 7) is 8.37. The normalized spacial score (nSPS) is 10.8. The number of benzene rings is 2. The van der Waals surface area contributed by atoms with Crippen molar-refractivity contribution in [2.24, 2.45) is 0 Å². The molecule has 2 aromatic rings. The second-order valence-corrected chi connectivity index (χ2v) is 8.84. The Kier molecular flexibility index (Phi) is 9.17. The summed E-state index contributed by atoms with van der Waals surface area (Å²) in [4.78, 5) is 24.6. The van der Waals surface area contributed by atoms with Crippen LogP contribution in [0.4, 0.5) is 0 Å². The Morgan fingerprint density at radius 1 is 0.767 bits per heavy atom. The number of hydrogen-bond donors (Lipinski definition) is 2. The van der Waals surface area contributed by atoms with Gasteiger partial charge in [0.15, 0.2) is 0 Å². The lowest BCUT2D eigenvalue weighted by Gasteiger charge is -2.13. The average Bonchev–Trinajstić information content (AvgIpc) is 2.67. The lowest BCUT2D eigenvalue weighted by Crippen LogP contribution is -2.34. The van der Waals surface area contributed by atoms with E-state index in [1.807, 2.05) is 27.7 Å². The number of carbonyl (C=O) groups is 2. The Morgan fingerprint density at radius 3 is 1.43 bits per heavy atom. The molecule has 2 amide bonds. The number of halogens is 2. The second kappa shape index (κ2) is 11.4. The van der Waals surface area contributed by atoms with Gasteiger partial charge in [-0.3, -0.25) is 9.59 Å². The van der Waals surface area contributed by atoms with Gasteiger partial charge < -0.3 is 20.1 Å². The maximum Gasteiger partial charge on any atom is 0.251 e. The van der Waals surface area contributed by atoms with Crippen LogP contribution in [0.25, 0.3) is 0 Å². The molecular formula is C22H26Br2N2O4. The number of hydrogen-bond acceptors (Lipinski definition) is 4. The quantitative estimate of drug-likeness (QED) is 0.440. The standard InChI is InChI=1S/C22H26Br2N2O4/c1-13(2)29-19-7-5-15(11-17(19)23)21(27)25-9-10-26-22(28)16-6-8-20(18(24)12-16)30-14(3)4/h5-8,11-14H,9-10H2,1-4H3,(H,25,27)(H,26,28). The molecule has 0 saturated carbocycles. The number of ether oxygens (including phenoxy) is 2. The maximum absolute atomic E-state index is 12.3. The summed E-state index contributed by atoms with van der Waals surface area (Å²) in [5.41, 5.74) is 1.02. The fraction of sp³-hybridized carbons (Fsp3) is 0.364. The molecule has 0 radical (unpaired) electrons. The molecule has 0 spiro atoms. The Hall–Kier alpha value is -2.06. The van der Waals surface area contributed by atoms with Crippen molar-refractivity contribution in [3.8, 4) is 11.5 Å². The highest BCUT2D eigenvalue weighted by Crippen LogP contribution is 2.27. The molecule has 162 valence electrons. The van der Waals surface area contributed by atoms with Gasteiger partial charge in [0.05, 0.1) is 21.2 Å². The van der Waals surface area contributed by atoms with Crippen LogP contribution in [0.5, 0.6) is 11.5 Å². The summed E-state index contributed by atoms with van der Waals surface area (Å²) in [6.07, 6.45) is 0.0910. The average molecular weight is 542 g/mol. The van der Waals surface area contributed by atoms with E-state index in [-0.39, 0.29) is 24.0 Å². The van der Waals surface area contributed by atoms with E-state index >= 15 is 0 Å². The van der Waals surface area contributed by atoms with E-state index in [1.54, 1.807) is 36.4 Å². The van der Waals surface area contributed by atoms with Crippen LogP contribution in [0, 0.1) is 0 Å². The molecule has 30 heavy (non-hydrogen) atoms. The maximum atomic E-state index is 12.3. The largest absolute Gasteiger partial charge is 0.490 e. The zero-order valence-corrected chi connectivity index (χ0v) is 20.6. The zero-order valence-electron chi connectivity index (χ0n) is 17.4. The first-order chi connectivity index (χ1) is 14.2. The first kappa shape index (κ1) is 24.2. The summed E-state index contributed by atoms with van der Waals surface area (Å²) in [5, 5.41) is 5.58. The highest BCUT2D eigenvalue weighted by Gasteiger charge is 2.12. The molecule has 8 heteroatoms. The molecule has 6 nitrogen and oxygen atoms in total. The molecule has 0 aromatic heterocycles. The Bertz CT molecular complexity index is 827. The van der Waals surface area contributed by atoms with Crippen LogP contribution in [0.3, 0.4) is 0 Å². The molecule has 0 saturated heterocycles. The Balaban J connectivity index is 1.83. The van der Waals surface area contributed by atoms with Gasteiger partial charge in [-0.2, -0.15) is 0 Å². The van der Waals surface area contributed by atoms with Crippen molar-refractivity contribution in [3.63, 3.8) is 0 Å². The van der Waals surface area contributed by atoms with Gasteiger partial charge in [-0.1, -0.05) is 0 Å². The van der Waals surface area contributed by atoms with E-state index in [0.717, 1.165) is 0 Å². The van der Waals surface area contributed by atoms with Crippen LogP contribution >= 0.6 is 31.9 Å². The molecule has 2 rings (SSSR count). The van der Waals surface area contributed by atoms with E-state index in [1.165, 1.54) is 0 Å². The third-order valence-corrected chi connectivity index (χ3v) is 5.05. The van der Waals surface area contributed by atoms with Crippen LogP contribution in [0.2, 0.25) is 0 Å². The SMILES string of the molecule is CC(C)Oc1ccc(C(=O)NCCNC(=O)c2ccc(OC(C)C)c(Br)c2)cc1Br. The van der Waals surface area contributed by atoms with E-state index in [2.05, 4.69) is 42.5 Å². The van der Waals surface area contributed by atoms with E-state index in [9.17, 15) is 9.59 Å². The predicted molar refractivity (Wildman–Crippen MR) is 124 cm³/mol. The summed E-state index contributed by atoms with van der Waals surface area (Å²) in [6, 6.07) is 10.3. The van der Waals surface area contributed by atoms with E-state index in [4.69, 9.17) is 9.47 Å². The van der Waals surface area contributed by atoms with Crippen molar-refractivity contribution in [2.45, 2.75) is 39.9 Å². The van der Waals surface area contributed by atoms with Crippen molar-refractivity contribution >= 4 is 43.7 Å². The number of nitrogens with one attached hydrogen (secondary N) is 2. The number of carbonyl (C=O) groups excluding carboxylic acids is 2. The molecule has 2 aromatic carbocycles. The first-order valence-electron chi connectivity index (χ1n) is 9.66. The van der Waals surface area contributed by atoms with E-state index in [0.29, 0.717) is 44.7 Å². The highest BCUT2D eigenvalue weighted by molar-refractivity contribution is 9.10. The first-order valence-corrected chi connectivity index (χ1v) is 11.2. The van der Waals surface area contributed by atoms with E-state index < -0.39 is 0 Å². The molecule has 0 atom stereocenters. The minimum atomic E-state index is -0.223. The molecule has 0 aliphatic heterocycles. The molecule has 0 fully saturated rings. The van der Waals surface area contributed by atoms with Crippen molar-refractivity contribution in [1.82, 2.24) is 10.6 Å². The molecule has 2 N–H and O–H groups in total. The number of amides is 2. The van der Waals surface area contributed by atoms with Gasteiger partial charge in [0, 0.05) is 24.2 Å². The Labute approximate surface area is 194 Å². The van der Waals surface area contributed by atoms with Crippen molar-refractivity contribution < 1.29 is 19.1 Å². The highest BCUT2D eigenvalue weighted by atomic mass is 79.9. The molecule has 0 heterocycles. The van der Waals surface area contributed by atoms with Crippen LogP contribution < -0.4 is 20.1 Å². The summed E-state index contributed by atoms with van der Waals surface area (Å²) < 4.78 is 12.7. The van der Waals surface area contributed by atoms with Gasteiger partial charge in [-0.15, -0.1) is 0 Å². The van der Waals surface area contributed by atoms with Gasteiger partial charge in [0.25, 0.3) is 11.8 Å². The van der Waals surface area contributed by atoms with Crippen molar-refractivity contribution in [2.75, 3.05) is 13.1 Å². The third kappa shape index (κ3) is 7.32. The van der Waals surface area contributed by atoms with Gasteiger partial charge >= 0.3 is 0 Å². The van der Waals surface area contributed by atoms with Gasteiger partial charge in [0.1, 0.15) is 11.5 Å². The lowest BCUT2D eigenvalue weighted by molar-refractivity contribution is 0.0927. The van der Waals surface area contributed by atoms with Crippen LogP contribution in [0.15, 0.2) is 45.3 Å². The van der Waals surface area contributed by atoms with Crippen LogP contribution in [0.1, 0.15) is 48.4 Å². The molecule has 0 aliphatic carbocycles. The summed E-state index contributed by atoms with van der Waals surface area (Å²) in [7, 11) is 0. The van der Waals surface area contributed by atoms with Gasteiger partial charge in [0.2, 0.25) is 0 Å².